The normalized spacial score (nSPS) is 18.6. The van der Waals surface area contributed by atoms with Crippen molar-refractivity contribution < 1.29 is 17.6 Å². The highest BCUT2D eigenvalue weighted by atomic mass is 32.2. The van der Waals surface area contributed by atoms with E-state index in [1.807, 2.05) is 32.0 Å². The summed E-state index contributed by atoms with van der Waals surface area (Å²) in [7, 11) is -4.04. The first kappa shape index (κ1) is 20.6. The molecule has 1 atom stereocenters. The van der Waals surface area contributed by atoms with Gasteiger partial charge in [0.2, 0.25) is 0 Å². The summed E-state index contributed by atoms with van der Waals surface area (Å²) in [4.78, 5) is 13.4. The van der Waals surface area contributed by atoms with Crippen molar-refractivity contribution in [2.24, 2.45) is 0 Å². The molecule has 3 aromatic rings. The monoisotopic (exact) mass is 448 g/mol. The zero-order chi connectivity index (χ0) is 22.5. The van der Waals surface area contributed by atoms with E-state index in [4.69, 9.17) is 4.42 Å². The number of furan rings is 1. The van der Waals surface area contributed by atoms with Crippen molar-refractivity contribution in [2.45, 2.75) is 44.0 Å². The van der Waals surface area contributed by atoms with E-state index in [0.717, 1.165) is 23.2 Å². The number of carbonyl (C=O) groups is 1. The van der Waals surface area contributed by atoms with Gasteiger partial charge >= 0.3 is 0 Å². The number of hydrogen-bond acceptors (Lipinski definition) is 5. The lowest BCUT2D eigenvalue weighted by Crippen LogP contribution is -2.37. The number of rotatable bonds is 3. The predicted molar refractivity (Wildman–Crippen MR) is 123 cm³/mol. The molecule has 32 heavy (non-hydrogen) atoms. The molecule has 1 unspecified atom stereocenters. The standard InChI is InChI=1S/C25H24N2O4S/c1-16-12-13-18(15-17(16)2)32(29,30)27-21-9-4-3-7-19(21)26-20-8-5-10-22(28)24(20)25(27)23-11-6-14-31-23/h3-4,6-7,9,11-15,25-26H,5,8,10H2,1-2H3. The second-order valence-corrected chi connectivity index (χ2v) is 10.1. The number of ketones is 1. The van der Waals surface area contributed by atoms with Crippen LogP contribution in [0.25, 0.3) is 0 Å². The molecule has 5 rings (SSSR count). The highest BCUT2D eigenvalue weighted by Crippen LogP contribution is 2.47. The minimum absolute atomic E-state index is 0.0618. The van der Waals surface area contributed by atoms with E-state index in [-0.39, 0.29) is 10.7 Å². The van der Waals surface area contributed by atoms with Gasteiger partial charge in [0.15, 0.2) is 5.78 Å². The summed E-state index contributed by atoms with van der Waals surface area (Å²) in [5.74, 6) is 0.354. The molecule has 0 saturated heterocycles. The van der Waals surface area contributed by atoms with Crippen LogP contribution in [-0.4, -0.2) is 14.2 Å². The van der Waals surface area contributed by atoms with Crippen LogP contribution >= 0.6 is 0 Å². The summed E-state index contributed by atoms with van der Waals surface area (Å²) in [5, 5.41) is 3.37. The Bertz CT molecular complexity index is 1340. The van der Waals surface area contributed by atoms with Gasteiger partial charge in [0.1, 0.15) is 11.8 Å². The zero-order valence-corrected chi connectivity index (χ0v) is 18.8. The lowest BCUT2D eigenvalue weighted by molar-refractivity contribution is -0.116. The second kappa shape index (κ2) is 7.67. The predicted octanol–water partition coefficient (Wildman–Crippen LogP) is 5.27. The number of nitrogens with zero attached hydrogens (tertiary/aromatic N) is 1. The van der Waals surface area contributed by atoms with Gasteiger partial charge in [-0.25, -0.2) is 12.7 Å². The quantitative estimate of drug-likeness (QED) is 0.591. The van der Waals surface area contributed by atoms with Crippen LogP contribution in [0.5, 0.6) is 0 Å². The number of carbonyl (C=O) groups excluding carboxylic acids is 1. The van der Waals surface area contributed by atoms with Crippen molar-refractivity contribution in [3.8, 4) is 0 Å². The maximum atomic E-state index is 14.2. The van der Waals surface area contributed by atoms with Gasteiger partial charge in [0, 0.05) is 17.7 Å². The highest BCUT2D eigenvalue weighted by molar-refractivity contribution is 7.92. The third kappa shape index (κ3) is 3.24. The maximum absolute atomic E-state index is 14.2. The number of Topliss-reactive ketones (excluding diaryl/α,β-unsaturated/α-hetero) is 1. The van der Waals surface area contributed by atoms with Crippen LogP contribution in [0.1, 0.15) is 42.2 Å². The number of nitrogens with one attached hydrogen (secondary N) is 1. The molecule has 0 radical (unpaired) electrons. The lowest BCUT2D eigenvalue weighted by atomic mass is 9.89. The molecule has 7 heteroatoms. The van der Waals surface area contributed by atoms with Gasteiger partial charge in [0.05, 0.1) is 22.5 Å². The first-order valence-corrected chi connectivity index (χ1v) is 12.1. The topological polar surface area (TPSA) is 79.6 Å². The van der Waals surface area contributed by atoms with Crippen molar-refractivity contribution in [3.05, 3.63) is 89.0 Å². The zero-order valence-electron chi connectivity index (χ0n) is 18.0. The molecule has 1 aliphatic heterocycles. The summed E-state index contributed by atoms with van der Waals surface area (Å²) in [6.45, 7) is 3.84. The Balaban J connectivity index is 1.82. The van der Waals surface area contributed by atoms with Crippen molar-refractivity contribution in [1.29, 1.82) is 0 Å². The Hall–Kier alpha value is -3.32. The van der Waals surface area contributed by atoms with E-state index in [0.29, 0.717) is 35.5 Å². The minimum Gasteiger partial charge on any atom is -0.467 e. The number of para-hydroxylation sites is 2. The van der Waals surface area contributed by atoms with E-state index < -0.39 is 16.1 Å². The molecule has 0 fully saturated rings. The van der Waals surface area contributed by atoms with Gasteiger partial charge in [-0.3, -0.25) is 4.79 Å². The molecule has 6 nitrogen and oxygen atoms in total. The molecule has 2 heterocycles. The van der Waals surface area contributed by atoms with Gasteiger partial charge in [-0.2, -0.15) is 0 Å². The van der Waals surface area contributed by atoms with Crippen molar-refractivity contribution in [2.75, 3.05) is 9.62 Å². The van der Waals surface area contributed by atoms with Crippen LogP contribution in [0.2, 0.25) is 0 Å². The van der Waals surface area contributed by atoms with E-state index in [2.05, 4.69) is 5.32 Å². The number of hydrogen-bond donors (Lipinski definition) is 1. The van der Waals surface area contributed by atoms with Crippen LogP contribution in [0.15, 0.2) is 81.4 Å². The summed E-state index contributed by atoms with van der Waals surface area (Å²) >= 11 is 0. The second-order valence-electron chi connectivity index (χ2n) is 8.28. The van der Waals surface area contributed by atoms with Crippen LogP contribution < -0.4 is 9.62 Å². The molecule has 1 aromatic heterocycles. The average molecular weight is 449 g/mol. The molecule has 0 bridgehead atoms. The maximum Gasteiger partial charge on any atom is 0.265 e. The van der Waals surface area contributed by atoms with Crippen molar-refractivity contribution in [3.63, 3.8) is 0 Å². The molecule has 0 spiro atoms. The first-order valence-electron chi connectivity index (χ1n) is 10.7. The van der Waals surface area contributed by atoms with Gasteiger partial charge in [-0.05, 0) is 74.2 Å². The number of allylic oxidation sites excluding steroid dienone is 1. The fraction of sp³-hybridized carbons (Fsp3) is 0.240. The Morgan fingerprint density at radius 3 is 2.56 bits per heavy atom. The molecule has 164 valence electrons. The van der Waals surface area contributed by atoms with Crippen molar-refractivity contribution in [1.82, 2.24) is 0 Å². The molecular weight excluding hydrogens is 424 g/mol. The number of benzene rings is 2. The smallest absolute Gasteiger partial charge is 0.265 e. The van der Waals surface area contributed by atoms with Crippen LogP contribution in [0, 0.1) is 13.8 Å². The first-order chi connectivity index (χ1) is 15.4. The number of anilines is 2. The van der Waals surface area contributed by atoms with Crippen molar-refractivity contribution >= 4 is 27.2 Å². The summed E-state index contributed by atoms with van der Waals surface area (Å²) < 4.78 is 35.4. The Kier molecular flexibility index (Phi) is 4.93. The SMILES string of the molecule is Cc1ccc(S(=O)(=O)N2c3ccccc3NC3=C(C(=O)CCC3)C2c2ccco2)cc1C. The molecule has 0 amide bonds. The fourth-order valence-corrected chi connectivity index (χ4v) is 6.16. The van der Waals surface area contributed by atoms with E-state index in [9.17, 15) is 13.2 Å². The van der Waals surface area contributed by atoms with Gasteiger partial charge in [0.25, 0.3) is 10.0 Å². The summed E-state index contributed by atoms with van der Waals surface area (Å²) in [6.07, 6.45) is 3.28. The highest BCUT2D eigenvalue weighted by Gasteiger charge is 2.43. The number of fused-ring (bicyclic) bond motifs is 1. The lowest BCUT2D eigenvalue weighted by Gasteiger charge is -2.33. The van der Waals surface area contributed by atoms with Gasteiger partial charge in [-0.15, -0.1) is 0 Å². The molecule has 0 saturated carbocycles. The van der Waals surface area contributed by atoms with Crippen LogP contribution in [0.4, 0.5) is 11.4 Å². The Labute approximate surface area is 187 Å². The average Bonchev–Trinajstić information content (AvgIpc) is 3.24. The molecular formula is C25H24N2O4S. The summed E-state index contributed by atoms with van der Waals surface area (Å²) in [5.41, 5.74) is 4.24. The molecule has 2 aromatic carbocycles. The Morgan fingerprint density at radius 1 is 1.00 bits per heavy atom. The fourth-order valence-electron chi connectivity index (χ4n) is 4.46. The summed E-state index contributed by atoms with van der Waals surface area (Å²) in [6, 6.07) is 14.9. The third-order valence-electron chi connectivity index (χ3n) is 6.24. The number of sulfonamides is 1. The largest absolute Gasteiger partial charge is 0.467 e. The van der Waals surface area contributed by atoms with E-state index in [1.54, 1.807) is 36.4 Å². The third-order valence-corrected chi connectivity index (χ3v) is 8.01. The van der Waals surface area contributed by atoms with E-state index >= 15 is 0 Å². The molecule has 2 aliphatic rings. The number of aryl methyl sites for hydroxylation is 2. The van der Waals surface area contributed by atoms with Gasteiger partial charge in [-0.1, -0.05) is 18.2 Å². The molecule has 1 N–H and O–H groups in total. The van der Waals surface area contributed by atoms with E-state index in [1.165, 1.54) is 10.6 Å². The van der Waals surface area contributed by atoms with Gasteiger partial charge < -0.3 is 9.73 Å². The van der Waals surface area contributed by atoms with Crippen LogP contribution in [-0.2, 0) is 14.8 Å². The minimum atomic E-state index is -4.04. The Morgan fingerprint density at radius 2 is 1.81 bits per heavy atom. The van der Waals surface area contributed by atoms with Crippen LogP contribution in [0.3, 0.4) is 0 Å². The molecule has 1 aliphatic carbocycles.